The van der Waals surface area contributed by atoms with Crippen LogP contribution < -0.4 is 5.56 Å². The van der Waals surface area contributed by atoms with Crippen LogP contribution >= 0.6 is 0 Å². The lowest BCUT2D eigenvalue weighted by molar-refractivity contribution is 0.0826. The zero-order valence-corrected chi connectivity index (χ0v) is 16.2. The summed E-state index contributed by atoms with van der Waals surface area (Å²) in [7, 11) is 2.28. The van der Waals surface area contributed by atoms with Gasteiger partial charge in [-0.2, -0.15) is 5.10 Å². The largest absolute Gasteiger partial charge is 0.302 e. The predicted octanol–water partition coefficient (Wildman–Crippen LogP) is 0.834. The maximum absolute atomic E-state index is 12.2. The topological polar surface area (TPSA) is 44.6 Å². The highest BCUT2D eigenvalue weighted by atomic mass is 16.1. The van der Waals surface area contributed by atoms with Crippen molar-refractivity contribution >= 4 is 0 Å². The van der Waals surface area contributed by atoms with Crippen LogP contribution in [0, 0.1) is 0 Å². The second-order valence-electron chi connectivity index (χ2n) is 8.30. The summed E-state index contributed by atoms with van der Waals surface area (Å²) in [6.45, 7) is 8.64. The molecule has 0 amide bonds. The summed E-state index contributed by atoms with van der Waals surface area (Å²) in [5, 5.41) is 4.60. The number of fused-ring (bicyclic) bond motifs is 1. The highest BCUT2D eigenvalue weighted by Crippen LogP contribution is 2.18. The van der Waals surface area contributed by atoms with Gasteiger partial charge < -0.3 is 4.90 Å². The van der Waals surface area contributed by atoms with E-state index in [1.807, 2.05) is 6.07 Å². The van der Waals surface area contributed by atoms with Crippen LogP contribution in [0.1, 0.15) is 36.9 Å². The molecule has 26 heavy (non-hydrogen) atoms. The van der Waals surface area contributed by atoms with Gasteiger partial charge in [0.15, 0.2) is 0 Å². The van der Waals surface area contributed by atoms with Crippen molar-refractivity contribution in [2.75, 3.05) is 52.9 Å². The van der Waals surface area contributed by atoms with Gasteiger partial charge >= 0.3 is 0 Å². The first-order valence-corrected chi connectivity index (χ1v) is 10.4. The summed E-state index contributed by atoms with van der Waals surface area (Å²) in [5.41, 5.74) is 2.39. The van der Waals surface area contributed by atoms with Crippen LogP contribution in [-0.2, 0) is 19.4 Å². The van der Waals surface area contributed by atoms with E-state index in [0.717, 1.165) is 70.3 Å². The molecule has 3 aliphatic rings. The maximum atomic E-state index is 12.2. The molecule has 4 rings (SSSR count). The highest BCUT2D eigenvalue weighted by molar-refractivity contribution is 5.22. The number of rotatable bonds is 5. The zero-order valence-electron chi connectivity index (χ0n) is 16.2. The monoisotopic (exact) mass is 359 g/mol. The molecule has 2 aliphatic heterocycles. The first-order valence-electron chi connectivity index (χ1n) is 10.4. The number of hydrogen-bond donors (Lipinski definition) is 0. The molecule has 0 aromatic carbocycles. The Kier molecular flexibility index (Phi) is 5.72. The SMILES string of the molecule is CN1CCCCC1CN1CCN(CCn2nc3c(cc2=O)CCC3)CC1. The highest BCUT2D eigenvalue weighted by Gasteiger charge is 2.24. The average molecular weight is 360 g/mol. The molecule has 0 bridgehead atoms. The second kappa shape index (κ2) is 8.19. The summed E-state index contributed by atoms with van der Waals surface area (Å²) in [5.74, 6) is 0. The third kappa shape index (κ3) is 4.18. The number of piperazine rings is 1. The lowest BCUT2D eigenvalue weighted by atomic mass is 10.0. The van der Waals surface area contributed by atoms with Gasteiger partial charge in [0.1, 0.15) is 0 Å². The molecular weight excluding hydrogens is 326 g/mol. The molecule has 0 radical (unpaired) electrons. The van der Waals surface area contributed by atoms with E-state index in [1.165, 1.54) is 37.9 Å². The molecule has 1 aromatic heterocycles. The Morgan fingerprint density at radius 2 is 1.81 bits per heavy atom. The van der Waals surface area contributed by atoms with Crippen molar-refractivity contribution in [1.82, 2.24) is 24.5 Å². The fraction of sp³-hybridized carbons (Fsp3) is 0.800. The minimum Gasteiger partial charge on any atom is -0.302 e. The van der Waals surface area contributed by atoms with Crippen molar-refractivity contribution in [3.63, 3.8) is 0 Å². The minimum absolute atomic E-state index is 0.0737. The van der Waals surface area contributed by atoms with Crippen molar-refractivity contribution in [3.8, 4) is 0 Å². The van der Waals surface area contributed by atoms with E-state index in [9.17, 15) is 4.79 Å². The number of piperidine rings is 1. The normalized spacial score (nSPS) is 25.5. The Hall–Kier alpha value is -1.24. The molecule has 1 aromatic rings. The number of nitrogens with zero attached hydrogens (tertiary/aromatic N) is 5. The molecule has 2 fully saturated rings. The third-order valence-electron chi connectivity index (χ3n) is 6.51. The van der Waals surface area contributed by atoms with Crippen LogP contribution in [0.5, 0.6) is 0 Å². The summed E-state index contributed by atoms with van der Waals surface area (Å²) < 4.78 is 1.69. The number of hydrogen-bond acceptors (Lipinski definition) is 5. The molecule has 3 heterocycles. The van der Waals surface area contributed by atoms with E-state index in [-0.39, 0.29) is 5.56 Å². The van der Waals surface area contributed by atoms with Gasteiger partial charge in [0.25, 0.3) is 5.56 Å². The van der Waals surface area contributed by atoms with Gasteiger partial charge in [-0.3, -0.25) is 14.6 Å². The van der Waals surface area contributed by atoms with Crippen LogP contribution in [0.4, 0.5) is 0 Å². The molecule has 0 N–H and O–H groups in total. The van der Waals surface area contributed by atoms with Crippen molar-refractivity contribution in [2.24, 2.45) is 0 Å². The first-order chi connectivity index (χ1) is 12.7. The molecule has 2 saturated heterocycles. The minimum atomic E-state index is 0.0737. The van der Waals surface area contributed by atoms with E-state index < -0.39 is 0 Å². The smallest absolute Gasteiger partial charge is 0.267 e. The fourth-order valence-corrected chi connectivity index (χ4v) is 4.70. The van der Waals surface area contributed by atoms with Crippen LogP contribution in [0.15, 0.2) is 10.9 Å². The molecule has 0 spiro atoms. The van der Waals surface area contributed by atoms with Crippen LogP contribution in [0.2, 0.25) is 0 Å². The van der Waals surface area contributed by atoms with Gasteiger partial charge in [-0.25, -0.2) is 4.68 Å². The lowest BCUT2D eigenvalue weighted by Crippen LogP contribution is -2.52. The molecule has 6 nitrogen and oxygen atoms in total. The van der Waals surface area contributed by atoms with Gasteiger partial charge in [-0.05, 0) is 51.3 Å². The molecule has 1 atom stereocenters. The molecule has 144 valence electrons. The molecule has 1 aliphatic carbocycles. The van der Waals surface area contributed by atoms with E-state index in [2.05, 4.69) is 26.8 Å². The van der Waals surface area contributed by atoms with Crippen LogP contribution in [0.3, 0.4) is 0 Å². The Balaban J connectivity index is 1.24. The number of likely N-dealkylation sites (N-methyl/N-ethyl adjacent to an activating group) is 1. The summed E-state index contributed by atoms with van der Waals surface area (Å²) in [4.78, 5) is 19.9. The van der Waals surface area contributed by atoms with Crippen molar-refractivity contribution in [3.05, 3.63) is 27.7 Å². The molecule has 6 heteroatoms. The molecule has 1 unspecified atom stereocenters. The van der Waals surface area contributed by atoms with Gasteiger partial charge in [-0.1, -0.05) is 6.42 Å². The van der Waals surface area contributed by atoms with Gasteiger partial charge in [0, 0.05) is 51.4 Å². The summed E-state index contributed by atoms with van der Waals surface area (Å²) in [6, 6.07) is 2.55. The lowest BCUT2D eigenvalue weighted by Gasteiger charge is -2.40. The van der Waals surface area contributed by atoms with Gasteiger partial charge in [-0.15, -0.1) is 0 Å². The average Bonchev–Trinajstić information content (AvgIpc) is 3.10. The van der Waals surface area contributed by atoms with E-state index in [1.54, 1.807) is 4.68 Å². The van der Waals surface area contributed by atoms with Crippen LogP contribution in [0.25, 0.3) is 0 Å². The number of likely N-dealkylation sites (tertiary alicyclic amines) is 1. The Morgan fingerprint density at radius 1 is 1.00 bits per heavy atom. The standard InChI is InChI=1S/C20H33N5O/c1-22-8-3-2-6-18(22)16-24-11-9-23(10-12-24)13-14-25-20(26)15-17-5-4-7-19(17)21-25/h15,18H,2-14,16H2,1H3. The third-order valence-corrected chi connectivity index (χ3v) is 6.51. The Bertz CT molecular complexity index is 665. The summed E-state index contributed by atoms with van der Waals surface area (Å²) >= 11 is 0. The van der Waals surface area contributed by atoms with E-state index in [0.29, 0.717) is 0 Å². The summed E-state index contributed by atoms with van der Waals surface area (Å²) in [6.07, 6.45) is 7.29. The number of aromatic nitrogens is 2. The van der Waals surface area contributed by atoms with E-state index in [4.69, 9.17) is 0 Å². The first kappa shape index (κ1) is 18.1. The second-order valence-corrected chi connectivity index (χ2v) is 8.30. The molecule has 0 saturated carbocycles. The van der Waals surface area contributed by atoms with E-state index >= 15 is 0 Å². The van der Waals surface area contributed by atoms with Gasteiger partial charge in [0.05, 0.1) is 12.2 Å². The van der Waals surface area contributed by atoms with Crippen molar-refractivity contribution in [2.45, 2.75) is 51.1 Å². The van der Waals surface area contributed by atoms with Crippen molar-refractivity contribution < 1.29 is 0 Å². The maximum Gasteiger partial charge on any atom is 0.267 e. The number of aryl methyl sites for hydroxylation is 2. The Labute approximate surface area is 156 Å². The fourth-order valence-electron chi connectivity index (χ4n) is 4.70. The zero-order chi connectivity index (χ0) is 17.9. The van der Waals surface area contributed by atoms with Crippen LogP contribution in [-0.4, -0.2) is 83.4 Å². The van der Waals surface area contributed by atoms with Gasteiger partial charge in [0.2, 0.25) is 0 Å². The van der Waals surface area contributed by atoms with Crippen molar-refractivity contribution in [1.29, 1.82) is 0 Å². The predicted molar refractivity (Wildman–Crippen MR) is 104 cm³/mol. The molecular formula is C20H33N5O. The Morgan fingerprint density at radius 3 is 2.62 bits per heavy atom. The quantitative estimate of drug-likeness (QED) is 0.779.